The molecule has 2 unspecified atom stereocenters. The van der Waals surface area contributed by atoms with Crippen molar-refractivity contribution < 1.29 is 0 Å². The summed E-state index contributed by atoms with van der Waals surface area (Å²) in [5, 5.41) is 0. The Bertz CT molecular complexity index is 1100. The van der Waals surface area contributed by atoms with Crippen molar-refractivity contribution in [2.45, 2.75) is 36.5 Å². The summed E-state index contributed by atoms with van der Waals surface area (Å²) in [4.78, 5) is 3.08. The summed E-state index contributed by atoms with van der Waals surface area (Å²) in [7, 11) is 0. The molecule has 0 aliphatic heterocycles. The number of hydrogen-bond donors (Lipinski definition) is 0. The normalized spacial score (nSPS) is 28.1. The smallest absolute Gasteiger partial charge is 0.0409 e. The van der Waals surface area contributed by atoms with Crippen molar-refractivity contribution in [2.75, 3.05) is 0 Å². The first-order valence-corrected chi connectivity index (χ1v) is 10.9. The van der Waals surface area contributed by atoms with E-state index in [4.69, 9.17) is 0 Å². The molecule has 0 N–H and O–H groups in total. The highest BCUT2D eigenvalue weighted by atomic mass is 32.1. The van der Waals surface area contributed by atoms with Gasteiger partial charge in [-0.05, 0) is 59.1 Å². The maximum absolute atomic E-state index is 2.53. The average Bonchev–Trinajstić information content (AvgIpc) is 3.51. The van der Waals surface area contributed by atoms with Crippen LogP contribution < -0.4 is 0 Å². The molecule has 0 bridgehead atoms. The van der Waals surface area contributed by atoms with Crippen LogP contribution in [0.3, 0.4) is 0 Å². The van der Waals surface area contributed by atoms with Crippen molar-refractivity contribution in [3.05, 3.63) is 95.1 Å². The second kappa shape index (κ2) is 4.72. The van der Waals surface area contributed by atoms with Crippen LogP contribution in [0, 0.1) is 0 Å². The third-order valence-electron chi connectivity index (χ3n) is 7.32. The molecular formula is C26H20S. The van der Waals surface area contributed by atoms with Crippen LogP contribution in [0.2, 0.25) is 0 Å². The van der Waals surface area contributed by atoms with Gasteiger partial charge in [0, 0.05) is 20.6 Å². The lowest BCUT2D eigenvalue weighted by atomic mass is 9.70. The third kappa shape index (κ3) is 1.51. The van der Waals surface area contributed by atoms with E-state index in [1.165, 1.54) is 57.7 Å². The molecule has 0 amide bonds. The van der Waals surface area contributed by atoms with Crippen LogP contribution >= 0.6 is 11.3 Å². The third-order valence-corrected chi connectivity index (χ3v) is 8.58. The van der Waals surface area contributed by atoms with E-state index in [2.05, 4.69) is 84.2 Å². The minimum Gasteiger partial charge on any atom is -0.135 e. The molecule has 0 radical (unpaired) electrons. The van der Waals surface area contributed by atoms with Crippen LogP contribution in [0.15, 0.2) is 72.8 Å². The van der Waals surface area contributed by atoms with Gasteiger partial charge in [0.05, 0.1) is 0 Å². The van der Waals surface area contributed by atoms with Gasteiger partial charge in [0.15, 0.2) is 0 Å². The molecule has 1 heterocycles. The van der Waals surface area contributed by atoms with Gasteiger partial charge in [0.25, 0.3) is 0 Å². The molecule has 4 aliphatic carbocycles. The van der Waals surface area contributed by atoms with Gasteiger partial charge in [-0.3, -0.25) is 0 Å². The minimum atomic E-state index is 0.0987. The molecule has 2 spiro atoms. The van der Waals surface area contributed by atoms with Gasteiger partial charge >= 0.3 is 0 Å². The minimum absolute atomic E-state index is 0.0987. The van der Waals surface area contributed by atoms with Crippen molar-refractivity contribution in [1.29, 1.82) is 0 Å². The molecule has 1 heteroatoms. The van der Waals surface area contributed by atoms with Crippen LogP contribution in [0.4, 0.5) is 0 Å². The Labute approximate surface area is 163 Å². The molecular weight excluding hydrogens is 344 g/mol. The molecule has 2 atom stereocenters. The molecule has 27 heavy (non-hydrogen) atoms. The fourth-order valence-electron chi connectivity index (χ4n) is 6.29. The Morgan fingerprint density at radius 1 is 0.630 bits per heavy atom. The van der Waals surface area contributed by atoms with Crippen molar-refractivity contribution in [2.24, 2.45) is 0 Å². The molecule has 0 saturated heterocycles. The predicted octanol–water partition coefficient (Wildman–Crippen LogP) is 6.98. The average molecular weight is 365 g/mol. The number of hydrogen-bond acceptors (Lipinski definition) is 1. The molecule has 0 nitrogen and oxygen atoms in total. The summed E-state index contributed by atoms with van der Waals surface area (Å²) < 4.78 is 0. The summed E-state index contributed by atoms with van der Waals surface area (Å²) in [6.45, 7) is 0. The molecule has 4 aliphatic rings. The van der Waals surface area contributed by atoms with Crippen LogP contribution in [0.1, 0.15) is 47.9 Å². The molecule has 130 valence electrons. The fraction of sp³-hybridized carbons (Fsp3) is 0.231. The van der Waals surface area contributed by atoms with E-state index in [1.54, 1.807) is 11.1 Å². The second-order valence-electron chi connectivity index (χ2n) is 8.43. The van der Waals surface area contributed by atoms with E-state index in [-0.39, 0.29) is 10.8 Å². The first kappa shape index (κ1) is 14.6. The largest absolute Gasteiger partial charge is 0.135 e. The zero-order valence-electron chi connectivity index (χ0n) is 15.2. The first-order valence-electron chi connectivity index (χ1n) is 10.1. The van der Waals surface area contributed by atoms with Gasteiger partial charge in [-0.1, -0.05) is 72.8 Å². The number of benzene rings is 2. The van der Waals surface area contributed by atoms with E-state index in [0.717, 1.165) is 0 Å². The zero-order valence-corrected chi connectivity index (χ0v) is 16.0. The summed E-state index contributed by atoms with van der Waals surface area (Å²) in [5.41, 5.74) is 9.51. The summed E-state index contributed by atoms with van der Waals surface area (Å²) in [6, 6.07) is 18.3. The molecule has 3 aromatic rings. The Morgan fingerprint density at radius 3 is 1.56 bits per heavy atom. The molecule has 2 aromatic carbocycles. The highest BCUT2D eigenvalue weighted by molar-refractivity contribution is 7.19. The molecule has 7 rings (SSSR count). The van der Waals surface area contributed by atoms with Crippen molar-refractivity contribution in [3.63, 3.8) is 0 Å². The van der Waals surface area contributed by atoms with Crippen molar-refractivity contribution in [1.82, 2.24) is 0 Å². The van der Waals surface area contributed by atoms with Crippen molar-refractivity contribution >= 4 is 11.3 Å². The van der Waals surface area contributed by atoms with E-state index >= 15 is 0 Å². The quantitative estimate of drug-likeness (QED) is 0.377. The van der Waals surface area contributed by atoms with Gasteiger partial charge in [0.2, 0.25) is 0 Å². The van der Waals surface area contributed by atoms with Gasteiger partial charge in [-0.15, -0.1) is 11.3 Å². The maximum atomic E-state index is 2.53. The molecule has 0 saturated carbocycles. The number of rotatable bonds is 0. The van der Waals surface area contributed by atoms with E-state index in [9.17, 15) is 0 Å². The van der Waals surface area contributed by atoms with E-state index in [0.29, 0.717) is 0 Å². The number of thiophene rings is 1. The summed E-state index contributed by atoms with van der Waals surface area (Å²) in [5.74, 6) is 0. The standard InChI is InChI=1S/C26H20S/c1-3-11-19-17(9-1)23-21(25(19)13-5-6-14-25)22-24(27-23)18-10-2-4-12-20(18)26(22)15-7-8-16-26/h1-5,7,9-13,15H,6,8,14,16H2. The van der Waals surface area contributed by atoms with Gasteiger partial charge in [-0.2, -0.15) is 0 Å². The second-order valence-corrected chi connectivity index (χ2v) is 9.45. The van der Waals surface area contributed by atoms with Crippen LogP contribution in [-0.4, -0.2) is 0 Å². The van der Waals surface area contributed by atoms with E-state index < -0.39 is 0 Å². The molecule has 0 fully saturated rings. The topological polar surface area (TPSA) is 0 Å². The Hall–Kier alpha value is -2.38. The van der Waals surface area contributed by atoms with Crippen molar-refractivity contribution in [3.8, 4) is 20.9 Å². The molecule has 1 aromatic heterocycles. The van der Waals surface area contributed by atoms with Gasteiger partial charge < -0.3 is 0 Å². The monoisotopic (exact) mass is 364 g/mol. The lowest BCUT2D eigenvalue weighted by molar-refractivity contribution is 0.591. The van der Waals surface area contributed by atoms with Crippen LogP contribution in [0.5, 0.6) is 0 Å². The summed E-state index contributed by atoms with van der Waals surface area (Å²) >= 11 is 2.05. The van der Waals surface area contributed by atoms with Gasteiger partial charge in [-0.25, -0.2) is 0 Å². The van der Waals surface area contributed by atoms with E-state index in [1.807, 2.05) is 0 Å². The van der Waals surface area contributed by atoms with Gasteiger partial charge in [0.1, 0.15) is 0 Å². The lowest BCUT2D eigenvalue weighted by Gasteiger charge is -2.31. The Kier molecular flexibility index (Phi) is 2.56. The summed E-state index contributed by atoms with van der Waals surface area (Å²) in [6.07, 6.45) is 14.7. The first-order chi connectivity index (χ1) is 13.4. The van der Waals surface area contributed by atoms with Crippen LogP contribution in [0.25, 0.3) is 20.9 Å². The zero-order chi connectivity index (χ0) is 17.6. The lowest BCUT2D eigenvalue weighted by Crippen LogP contribution is -2.27. The maximum Gasteiger partial charge on any atom is 0.0409 e. The fourth-order valence-corrected chi connectivity index (χ4v) is 7.85. The predicted molar refractivity (Wildman–Crippen MR) is 113 cm³/mol. The highest BCUT2D eigenvalue weighted by Crippen LogP contribution is 2.67. The SMILES string of the molecule is C1=CC2(CC1)c1ccccc1-c1sc3c(c12)C1(C=CCC1)c1ccccc1-3. The number of fused-ring (bicyclic) bond motifs is 11. The Morgan fingerprint density at radius 2 is 1.11 bits per heavy atom. The highest BCUT2D eigenvalue weighted by Gasteiger charge is 2.53. The Balaban J connectivity index is 1.64. The number of allylic oxidation sites excluding steroid dienone is 4. The van der Waals surface area contributed by atoms with Crippen LogP contribution in [-0.2, 0) is 10.8 Å².